The van der Waals surface area contributed by atoms with Gasteiger partial charge in [0.05, 0.1) is 0 Å². The summed E-state index contributed by atoms with van der Waals surface area (Å²) < 4.78 is 0. The number of rotatable bonds is 3. The first-order valence-corrected chi connectivity index (χ1v) is 7.07. The van der Waals surface area contributed by atoms with Gasteiger partial charge >= 0.3 is 0 Å². The van der Waals surface area contributed by atoms with Crippen LogP contribution >= 0.6 is 0 Å². The highest BCUT2D eigenvalue weighted by Gasteiger charge is 2.25. The SMILES string of the molecule is CC1(NCc2cccc3[nH]ccc23)CCCCC1. The zero-order chi connectivity index (χ0) is 12.4. The summed E-state index contributed by atoms with van der Waals surface area (Å²) in [5.41, 5.74) is 2.99. The van der Waals surface area contributed by atoms with Crippen LogP contribution in [0.25, 0.3) is 10.9 Å². The van der Waals surface area contributed by atoms with Crippen LogP contribution in [0.15, 0.2) is 30.5 Å². The van der Waals surface area contributed by atoms with E-state index >= 15 is 0 Å². The number of H-pyrrole nitrogens is 1. The Bertz CT molecular complexity index is 521. The van der Waals surface area contributed by atoms with Crippen LogP contribution in [0.2, 0.25) is 0 Å². The molecule has 1 aliphatic carbocycles. The molecule has 0 amide bonds. The van der Waals surface area contributed by atoms with Gasteiger partial charge in [-0.3, -0.25) is 0 Å². The van der Waals surface area contributed by atoms with Crippen molar-refractivity contribution in [3.8, 4) is 0 Å². The van der Waals surface area contributed by atoms with Gasteiger partial charge in [0, 0.05) is 29.2 Å². The summed E-state index contributed by atoms with van der Waals surface area (Å²) in [6.07, 6.45) is 8.81. The standard InChI is InChI=1S/C16H22N2/c1-16(9-3-2-4-10-16)18-12-13-6-5-7-15-14(13)8-11-17-15/h5-8,11,17-18H,2-4,9-10,12H2,1H3. The Kier molecular flexibility index (Phi) is 3.13. The predicted molar refractivity (Wildman–Crippen MR) is 76.6 cm³/mol. The second-order valence-corrected chi connectivity index (χ2v) is 5.83. The Balaban J connectivity index is 1.74. The van der Waals surface area contributed by atoms with Crippen molar-refractivity contribution in [3.05, 3.63) is 36.0 Å². The monoisotopic (exact) mass is 242 g/mol. The lowest BCUT2D eigenvalue weighted by atomic mass is 9.83. The summed E-state index contributed by atoms with van der Waals surface area (Å²) in [5, 5.41) is 5.13. The van der Waals surface area contributed by atoms with Gasteiger partial charge in [-0.15, -0.1) is 0 Å². The second-order valence-electron chi connectivity index (χ2n) is 5.83. The predicted octanol–water partition coefficient (Wildman–Crippen LogP) is 3.98. The van der Waals surface area contributed by atoms with Crippen LogP contribution < -0.4 is 5.32 Å². The quantitative estimate of drug-likeness (QED) is 0.837. The fraction of sp³-hybridized carbons (Fsp3) is 0.500. The van der Waals surface area contributed by atoms with E-state index in [-0.39, 0.29) is 0 Å². The number of hydrogen-bond donors (Lipinski definition) is 2. The maximum atomic E-state index is 3.78. The highest BCUT2D eigenvalue weighted by atomic mass is 15.0. The van der Waals surface area contributed by atoms with Gasteiger partial charge in [-0.25, -0.2) is 0 Å². The van der Waals surface area contributed by atoms with Crippen LogP contribution in [0.1, 0.15) is 44.6 Å². The molecule has 1 fully saturated rings. The average molecular weight is 242 g/mol. The molecule has 1 aromatic heterocycles. The summed E-state index contributed by atoms with van der Waals surface area (Å²) in [4.78, 5) is 3.28. The minimum atomic E-state index is 0.344. The molecule has 0 unspecified atom stereocenters. The largest absolute Gasteiger partial charge is 0.361 e. The van der Waals surface area contributed by atoms with Gasteiger partial charge in [0.25, 0.3) is 0 Å². The van der Waals surface area contributed by atoms with Crippen molar-refractivity contribution in [1.29, 1.82) is 0 Å². The normalized spacial score (nSPS) is 19.2. The van der Waals surface area contributed by atoms with Crippen LogP contribution in [0.3, 0.4) is 0 Å². The van der Waals surface area contributed by atoms with E-state index in [0.717, 1.165) is 6.54 Å². The number of aromatic amines is 1. The summed E-state index contributed by atoms with van der Waals surface area (Å²) >= 11 is 0. The number of aromatic nitrogens is 1. The van der Waals surface area contributed by atoms with E-state index in [0.29, 0.717) is 5.54 Å². The average Bonchev–Trinajstić information content (AvgIpc) is 2.86. The molecule has 96 valence electrons. The Labute approximate surface area is 109 Å². The van der Waals surface area contributed by atoms with Crippen LogP contribution in [0.4, 0.5) is 0 Å². The van der Waals surface area contributed by atoms with E-state index in [1.807, 2.05) is 6.20 Å². The Morgan fingerprint density at radius 1 is 1.17 bits per heavy atom. The number of benzene rings is 1. The lowest BCUT2D eigenvalue weighted by Crippen LogP contribution is -2.43. The number of fused-ring (bicyclic) bond motifs is 1. The van der Waals surface area contributed by atoms with Gasteiger partial charge in [0.2, 0.25) is 0 Å². The molecule has 1 heterocycles. The van der Waals surface area contributed by atoms with Crippen LogP contribution in [-0.4, -0.2) is 10.5 Å². The van der Waals surface area contributed by atoms with E-state index in [1.165, 1.54) is 48.6 Å². The zero-order valence-electron chi connectivity index (χ0n) is 11.1. The zero-order valence-corrected chi connectivity index (χ0v) is 11.1. The topological polar surface area (TPSA) is 27.8 Å². The van der Waals surface area contributed by atoms with Crippen molar-refractivity contribution >= 4 is 10.9 Å². The van der Waals surface area contributed by atoms with Crippen molar-refractivity contribution in [2.45, 2.75) is 51.1 Å². The molecule has 2 nitrogen and oxygen atoms in total. The lowest BCUT2D eigenvalue weighted by molar-refractivity contribution is 0.253. The van der Waals surface area contributed by atoms with E-state index in [4.69, 9.17) is 0 Å². The van der Waals surface area contributed by atoms with E-state index in [2.05, 4.69) is 41.5 Å². The third-order valence-corrected chi connectivity index (χ3v) is 4.35. The Hall–Kier alpha value is -1.28. The van der Waals surface area contributed by atoms with Gasteiger partial charge < -0.3 is 10.3 Å². The third-order valence-electron chi connectivity index (χ3n) is 4.35. The molecular formula is C16H22N2. The van der Waals surface area contributed by atoms with Crippen LogP contribution in [0, 0.1) is 0 Å². The van der Waals surface area contributed by atoms with Crippen molar-refractivity contribution in [2.75, 3.05) is 0 Å². The molecule has 0 aliphatic heterocycles. The van der Waals surface area contributed by atoms with E-state index in [9.17, 15) is 0 Å². The maximum Gasteiger partial charge on any atom is 0.0457 e. The number of hydrogen-bond acceptors (Lipinski definition) is 1. The van der Waals surface area contributed by atoms with Gasteiger partial charge in [0.15, 0.2) is 0 Å². The second kappa shape index (κ2) is 4.77. The Morgan fingerprint density at radius 2 is 2.00 bits per heavy atom. The fourth-order valence-corrected chi connectivity index (χ4v) is 3.12. The molecule has 2 aromatic rings. The molecule has 2 N–H and O–H groups in total. The molecule has 0 radical (unpaired) electrons. The first-order chi connectivity index (χ1) is 8.77. The smallest absolute Gasteiger partial charge is 0.0457 e. The van der Waals surface area contributed by atoms with E-state index in [1.54, 1.807) is 0 Å². The minimum Gasteiger partial charge on any atom is -0.361 e. The first-order valence-electron chi connectivity index (χ1n) is 7.07. The molecule has 1 aliphatic rings. The Morgan fingerprint density at radius 3 is 2.83 bits per heavy atom. The summed E-state index contributed by atoms with van der Waals surface area (Å²) in [7, 11) is 0. The van der Waals surface area contributed by atoms with Crippen LogP contribution in [0.5, 0.6) is 0 Å². The third kappa shape index (κ3) is 2.30. The number of nitrogens with one attached hydrogen (secondary N) is 2. The first kappa shape index (κ1) is 11.8. The molecule has 0 bridgehead atoms. The van der Waals surface area contributed by atoms with Gasteiger partial charge in [-0.2, -0.15) is 0 Å². The molecule has 3 rings (SSSR count). The van der Waals surface area contributed by atoms with Crippen LogP contribution in [-0.2, 0) is 6.54 Å². The molecule has 2 heteroatoms. The van der Waals surface area contributed by atoms with Crippen molar-refractivity contribution in [2.24, 2.45) is 0 Å². The fourth-order valence-electron chi connectivity index (χ4n) is 3.12. The molecule has 0 atom stereocenters. The van der Waals surface area contributed by atoms with Gasteiger partial charge in [-0.1, -0.05) is 31.4 Å². The van der Waals surface area contributed by atoms with Gasteiger partial charge in [-0.05, 0) is 37.5 Å². The van der Waals surface area contributed by atoms with Crippen molar-refractivity contribution in [1.82, 2.24) is 10.3 Å². The molecule has 1 saturated carbocycles. The molecule has 1 aromatic carbocycles. The molecule has 0 saturated heterocycles. The summed E-state index contributed by atoms with van der Waals surface area (Å²) in [6.45, 7) is 3.36. The maximum absolute atomic E-state index is 3.78. The molecular weight excluding hydrogens is 220 g/mol. The lowest BCUT2D eigenvalue weighted by Gasteiger charge is -2.35. The van der Waals surface area contributed by atoms with Gasteiger partial charge in [0.1, 0.15) is 0 Å². The van der Waals surface area contributed by atoms with Crippen molar-refractivity contribution in [3.63, 3.8) is 0 Å². The highest BCUT2D eigenvalue weighted by molar-refractivity contribution is 5.82. The molecule has 0 spiro atoms. The molecule has 18 heavy (non-hydrogen) atoms. The van der Waals surface area contributed by atoms with Crippen molar-refractivity contribution < 1.29 is 0 Å². The summed E-state index contributed by atoms with van der Waals surface area (Å²) in [5.74, 6) is 0. The minimum absolute atomic E-state index is 0.344. The highest BCUT2D eigenvalue weighted by Crippen LogP contribution is 2.28. The summed E-state index contributed by atoms with van der Waals surface area (Å²) in [6, 6.07) is 8.69. The van der Waals surface area contributed by atoms with E-state index < -0.39 is 0 Å².